The van der Waals surface area contributed by atoms with Gasteiger partial charge in [0.25, 0.3) is 0 Å². The maximum absolute atomic E-state index is 11.3. The summed E-state index contributed by atoms with van der Waals surface area (Å²) in [5.74, 6) is -0.110. The zero-order valence-corrected chi connectivity index (χ0v) is 11.9. The monoisotopic (exact) mass is 261 g/mol. The molecule has 0 fully saturated rings. The van der Waals surface area contributed by atoms with Gasteiger partial charge in [0.1, 0.15) is 0 Å². The van der Waals surface area contributed by atoms with Crippen molar-refractivity contribution in [1.82, 2.24) is 0 Å². The quantitative estimate of drug-likeness (QED) is 0.880. The van der Waals surface area contributed by atoms with Crippen LogP contribution in [0.4, 0.5) is 5.69 Å². The lowest BCUT2D eigenvalue weighted by Gasteiger charge is -2.34. The molecule has 0 atom stereocenters. The van der Waals surface area contributed by atoms with E-state index in [2.05, 4.69) is 24.8 Å². The molecule has 0 saturated heterocycles. The predicted octanol–water partition coefficient (Wildman–Crippen LogP) is 3.57. The summed E-state index contributed by atoms with van der Waals surface area (Å²) in [4.78, 5) is 13.7. The van der Waals surface area contributed by atoms with Crippen LogP contribution in [0.3, 0.4) is 0 Å². The maximum Gasteiger partial charge on any atom is 0.336 e. The van der Waals surface area contributed by atoms with Crippen molar-refractivity contribution in [2.45, 2.75) is 39.5 Å². The van der Waals surface area contributed by atoms with Crippen molar-refractivity contribution in [2.75, 3.05) is 18.0 Å². The number of hydrogen-bond acceptors (Lipinski definition) is 2. The fourth-order valence-corrected chi connectivity index (χ4v) is 2.95. The Labute approximate surface area is 115 Å². The van der Waals surface area contributed by atoms with Crippen molar-refractivity contribution >= 4 is 11.7 Å². The average molecular weight is 261 g/mol. The van der Waals surface area contributed by atoms with Gasteiger partial charge in [-0.3, -0.25) is 0 Å². The van der Waals surface area contributed by atoms with E-state index in [0.29, 0.717) is 11.5 Å². The normalized spacial score (nSPS) is 14.6. The third-order valence-electron chi connectivity index (χ3n) is 4.21. The molecule has 0 unspecified atom stereocenters. The maximum atomic E-state index is 11.3. The van der Waals surface area contributed by atoms with Crippen LogP contribution in [0, 0.1) is 5.92 Å². The second-order valence-corrected chi connectivity index (χ2v) is 5.34. The molecule has 1 aromatic rings. The van der Waals surface area contributed by atoms with E-state index in [4.69, 9.17) is 0 Å². The molecule has 1 aromatic carbocycles. The van der Waals surface area contributed by atoms with Gasteiger partial charge in [-0.1, -0.05) is 32.8 Å². The molecule has 3 heteroatoms. The van der Waals surface area contributed by atoms with Gasteiger partial charge in [-0.2, -0.15) is 0 Å². The summed E-state index contributed by atoms with van der Waals surface area (Å²) in [6.07, 6.45) is 4.30. The predicted molar refractivity (Wildman–Crippen MR) is 78.0 cm³/mol. The standard InChI is InChI=1S/C16H23NO2/c1-3-12(4-2)11-17-10-6-8-13-14(16(18)19)7-5-9-15(13)17/h5,7,9,12H,3-4,6,8,10-11H2,1-2H3,(H,18,19). The Kier molecular flexibility index (Phi) is 4.46. The molecule has 0 amide bonds. The van der Waals surface area contributed by atoms with Crippen LogP contribution in [-0.2, 0) is 6.42 Å². The zero-order chi connectivity index (χ0) is 13.8. The van der Waals surface area contributed by atoms with Gasteiger partial charge in [0.2, 0.25) is 0 Å². The number of nitrogens with zero attached hydrogens (tertiary/aromatic N) is 1. The molecule has 0 aliphatic carbocycles. The molecule has 19 heavy (non-hydrogen) atoms. The molecular formula is C16H23NO2. The average Bonchev–Trinajstić information content (AvgIpc) is 2.44. The van der Waals surface area contributed by atoms with Gasteiger partial charge < -0.3 is 10.0 Å². The largest absolute Gasteiger partial charge is 0.478 e. The van der Waals surface area contributed by atoms with E-state index in [1.54, 1.807) is 6.07 Å². The summed E-state index contributed by atoms with van der Waals surface area (Å²) < 4.78 is 0. The smallest absolute Gasteiger partial charge is 0.336 e. The summed E-state index contributed by atoms with van der Waals surface area (Å²) >= 11 is 0. The van der Waals surface area contributed by atoms with Gasteiger partial charge in [0.05, 0.1) is 5.56 Å². The van der Waals surface area contributed by atoms with Crippen molar-refractivity contribution in [3.63, 3.8) is 0 Å². The highest BCUT2D eigenvalue weighted by atomic mass is 16.4. The highest BCUT2D eigenvalue weighted by molar-refractivity contribution is 5.91. The van der Waals surface area contributed by atoms with E-state index in [9.17, 15) is 9.90 Å². The number of hydrogen-bond donors (Lipinski definition) is 1. The van der Waals surface area contributed by atoms with E-state index < -0.39 is 5.97 Å². The summed E-state index contributed by atoms with van der Waals surface area (Å²) in [6, 6.07) is 5.67. The second-order valence-electron chi connectivity index (χ2n) is 5.34. The minimum atomic E-state index is -0.804. The van der Waals surface area contributed by atoms with Crippen molar-refractivity contribution in [3.8, 4) is 0 Å². The fourth-order valence-electron chi connectivity index (χ4n) is 2.95. The Morgan fingerprint density at radius 2 is 2.11 bits per heavy atom. The van der Waals surface area contributed by atoms with E-state index in [0.717, 1.165) is 37.2 Å². The Morgan fingerprint density at radius 1 is 1.37 bits per heavy atom. The van der Waals surface area contributed by atoms with E-state index in [1.165, 1.54) is 12.8 Å². The Hall–Kier alpha value is -1.51. The number of aromatic carboxylic acids is 1. The Bertz CT molecular complexity index is 452. The number of carboxylic acids is 1. The molecule has 3 nitrogen and oxygen atoms in total. The number of rotatable bonds is 5. The minimum absolute atomic E-state index is 0.478. The Balaban J connectivity index is 2.29. The minimum Gasteiger partial charge on any atom is -0.478 e. The molecule has 1 heterocycles. The van der Waals surface area contributed by atoms with E-state index in [1.807, 2.05) is 6.07 Å². The van der Waals surface area contributed by atoms with Gasteiger partial charge in [0, 0.05) is 18.8 Å². The number of anilines is 1. The summed E-state index contributed by atoms with van der Waals surface area (Å²) in [5.41, 5.74) is 2.64. The lowest BCUT2D eigenvalue weighted by molar-refractivity contribution is 0.0695. The molecule has 1 aliphatic rings. The van der Waals surface area contributed by atoms with E-state index >= 15 is 0 Å². The molecule has 1 aliphatic heterocycles. The first-order valence-electron chi connectivity index (χ1n) is 7.27. The third-order valence-corrected chi connectivity index (χ3v) is 4.21. The molecule has 0 saturated carbocycles. The van der Waals surface area contributed by atoms with Gasteiger partial charge in [-0.05, 0) is 36.5 Å². The molecule has 2 rings (SSSR count). The molecule has 104 valence electrons. The van der Waals surface area contributed by atoms with Gasteiger partial charge >= 0.3 is 5.97 Å². The van der Waals surface area contributed by atoms with Gasteiger partial charge in [-0.15, -0.1) is 0 Å². The molecule has 0 aromatic heterocycles. The zero-order valence-electron chi connectivity index (χ0n) is 11.9. The van der Waals surface area contributed by atoms with Crippen LogP contribution in [0.1, 0.15) is 49.0 Å². The van der Waals surface area contributed by atoms with E-state index in [-0.39, 0.29) is 0 Å². The summed E-state index contributed by atoms with van der Waals surface area (Å²) in [5, 5.41) is 9.28. The highest BCUT2D eigenvalue weighted by Crippen LogP contribution is 2.31. The highest BCUT2D eigenvalue weighted by Gasteiger charge is 2.23. The van der Waals surface area contributed by atoms with Crippen LogP contribution in [0.15, 0.2) is 18.2 Å². The second kappa shape index (κ2) is 6.09. The van der Waals surface area contributed by atoms with Crippen molar-refractivity contribution < 1.29 is 9.90 Å². The van der Waals surface area contributed by atoms with Gasteiger partial charge in [0.15, 0.2) is 0 Å². The van der Waals surface area contributed by atoms with Crippen LogP contribution in [-0.4, -0.2) is 24.2 Å². The SMILES string of the molecule is CCC(CC)CN1CCCc2c(C(=O)O)cccc21. The third kappa shape index (κ3) is 2.91. The van der Waals surface area contributed by atoms with Crippen LogP contribution in [0.2, 0.25) is 0 Å². The fraction of sp³-hybridized carbons (Fsp3) is 0.562. The van der Waals surface area contributed by atoms with Gasteiger partial charge in [-0.25, -0.2) is 4.79 Å². The first kappa shape index (κ1) is 13.9. The molecule has 0 bridgehead atoms. The van der Waals surface area contributed by atoms with Crippen LogP contribution in [0.25, 0.3) is 0 Å². The summed E-state index contributed by atoms with van der Waals surface area (Å²) in [7, 11) is 0. The first-order chi connectivity index (χ1) is 9.17. The topological polar surface area (TPSA) is 40.5 Å². The number of carbonyl (C=O) groups is 1. The number of fused-ring (bicyclic) bond motifs is 1. The summed E-state index contributed by atoms with van der Waals surface area (Å²) in [6.45, 7) is 6.55. The molecule has 0 radical (unpaired) electrons. The lowest BCUT2D eigenvalue weighted by atomic mass is 9.94. The number of carboxylic acid groups (broad SMARTS) is 1. The molecular weight excluding hydrogens is 238 g/mol. The number of benzene rings is 1. The van der Waals surface area contributed by atoms with Crippen molar-refractivity contribution in [3.05, 3.63) is 29.3 Å². The van der Waals surface area contributed by atoms with Crippen molar-refractivity contribution in [2.24, 2.45) is 5.92 Å². The molecule has 1 N–H and O–H groups in total. The van der Waals surface area contributed by atoms with Crippen LogP contribution in [0.5, 0.6) is 0 Å². The molecule has 0 spiro atoms. The Morgan fingerprint density at radius 3 is 2.74 bits per heavy atom. The van der Waals surface area contributed by atoms with Crippen molar-refractivity contribution in [1.29, 1.82) is 0 Å². The van der Waals surface area contributed by atoms with Crippen LogP contribution < -0.4 is 4.90 Å². The first-order valence-corrected chi connectivity index (χ1v) is 7.27. The van der Waals surface area contributed by atoms with Crippen LogP contribution >= 0.6 is 0 Å². The lowest BCUT2D eigenvalue weighted by Crippen LogP contribution is -2.34.